The standard InChI is InChI=1S/C16H23FN2O2.C3H6O/c1-18-7-5-13(6-8-18)21-14-9-19(10-14)15-4-2-3-12(11-20)16(15)17;1-2-3-4/h2-4,13-14,20H,5-11H2,1H3;3H,2H2,1H3. The molecular weight excluding hydrogens is 323 g/mol. The molecule has 2 saturated heterocycles. The third-order valence-electron chi connectivity index (χ3n) is 4.63. The Morgan fingerprint density at radius 3 is 2.48 bits per heavy atom. The molecule has 0 aliphatic carbocycles. The van der Waals surface area contributed by atoms with Crippen LogP contribution < -0.4 is 4.90 Å². The summed E-state index contributed by atoms with van der Waals surface area (Å²) in [5.41, 5.74) is 0.928. The Morgan fingerprint density at radius 2 is 1.92 bits per heavy atom. The highest BCUT2D eigenvalue weighted by molar-refractivity contribution is 5.52. The van der Waals surface area contributed by atoms with E-state index < -0.39 is 0 Å². The number of piperidine rings is 1. The van der Waals surface area contributed by atoms with E-state index in [4.69, 9.17) is 9.84 Å². The Bertz CT molecular complexity index is 541. The number of aliphatic hydroxyl groups excluding tert-OH is 1. The van der Waals surface area contributed by atoms with Crippen molar-refractivity contribution >= 4 is 12.0 Å². The number of hydrogen-bond donors (Lipinski definition) is 1. The summed E-state index contributed by atoms with van der Waals surface area (Å²) in [4.78, 5) is 13.5. The van der Waals surface area contributed by atoms with Crippen molar-refractivity contribution in [3.63, 3.8) is 0 Å². The van der Waals surface area contributed by atoms with Crippen molar-refractivity contribution in [2.24, 2.45) is 0 Å². The van der Waals surface area contributed by atoms with Gasteiger partial charge >= 0.3 is 0 Å². The number of hydrogen-bond acceptors (Lipinski definition) is 5. The fraction of sp³-hybridized carbons (Fsp3) is 0.632. The lowest BCUT2D eigenvalue weighted by Gasteiger charge is -2.43. The molecule has 6 heteroatoms. The van der Waals surface area contributed by atoms with Crippen LogP contribution in [0.25, 0.3) is 0 Å². The third-order valence-corrected chi connectivity index (χ3v) is 4.63. The van der Waals surface area contributed by atoms with Crippen molar-refractivity contribution in [1.29, 1.82) is 0 Å². The van der Waals surface area contributed by atoms with Gasteiger partial charge in [-0.05, 0) is 26.0 Å². The monoisotopic (exact) mass is 352 g/mol. The van der Waals surface area contributed by atoms with E-state index in [9.17, 15) is 9.18 Å². The maximum atomic E-state index is 14.1. The predicted octanol–water partition coefficient (Wildman–Crippen LogP) is 2.21. The largest absolute Gasteiger partial charge is 0.392 e. The zero-order valence-corrected chi connectivity index (χ0v) is 15.2. The highest BCUT2D eigenvalue weighted by Crippen LogP contribution is 2.28. The van der Waals surface area contributed by atoms with Crippen LogP contribution in [0.1, 0.15) is 31.7 Å². The predicted molar refractivity (Wildman–Crippen MR) is 96.3 cm³/mol. The van der Waals surface area contributed by atoms with Gasteiger partial charge in [0.15, 0.2) is 5.82 Å². The second-order valence-corrected chi connectivity index (χ2v) is 6.65. The van der Waals surface area contributed by atoms with E-state index in [1.807, 2.05) is 11.8 Å². The minimum absolute atomic E-state index is 0.204. The van der Waals surface area contributed by atoms with Crippen LogP contribution in [0, 0.1) is 5.82 Å². The van der Waals surface area contributed by atoms with E-state index in [-0.39, 0.29) is 18.5 Å². The number of carbonyl (C=O) groups excluding carboxylic acids is 1. The molecule has 1 N–H and O–H groups in total. The zero-order valence-electron chi connectivity index (χ0n) is 15.2. The summed E-state index contributed by atoms with van der Waals surface area (Å²) < 4.78 is 20.2. The van der Waals surface area contributed by atoms with E-state index in [0.717, 1.165) is 45.3 Å². The molecule has 2 aliphatic heterocycles. The summed E-state index contributed by atoms with van der Waals surface area (Å²) >= 11 is 0. The van der Waals surface area contributed by atoms with Crippen LogP contribution in [0.15, 0.2) is 18.2 Å². The number of likely N-dealkylation sites (tertiary alicyclic amines) is 1. The summed E-state index contributed by atoms with van der Waals surface area (Å²) in [6.07, 6.45) is 4.24. The smallest absolute Gasteiger partial charge is 0.151 e. The summed E-state index contributed by atoms with van der Waals surface area (Å²) in [6, 6.07) is 5.17. The molecule has 0 saturated carbocycles. The molecule has 0 radical (unpaired) electrons. The topological polar surface area (TPSA) is 53.0 Å². The second-order valence-electron chi connectivity index (χ2n) is 6.65. The van der Waals surface area contributed by atoms with Gasteiger partial charge < -0.3 is 24.4 Å². The van der Waals surface area contributed by atoms with Gasteiger partial charge in [-0.1, -0.05) is 19.1 Å². The van der Waals surface area contributed by atoms with Gasteiger partial charge in [-0.2, -0.15) is 0 Å². The Balaban J connectivity index is 0.000000511. The SMILES string of the molecule is CCC=O.CN1CCC(OC2CN(c3cccc(CO)c3F)C2)CC1. The first-order valence-electron chi connectivity index (χ1n) is 8.99. The number of aldehydes is 1. The summed E-state index contributed by atoms with van der Waals surface area (Å²) in [6.45, 7) is 5.20. The first-order chi connectivity index (χ1) is 12.1. The molecule has 5 nitrogen and oxygen atoms in total. The first-order valence-corrected chi connectivity index (χ1v) is 8.99. The number of anilines is 1. The average molecular weight is 352 g/mol. The maximum Gasteiger partial charge on any atom is 0.151 e. The third kappa shape index (κ3) is 5.49. The van der Waals surface area contributed by atoms with Gasteiger partial charge in [0.1, 0.15) is 6.29 Å². The van der Waals surface area contributed by atoms with Crippen LogP contribution in [-0.4, -0.2) is 61.7 Å². The second kappa shape index (κ2) is 9.85. The van der Waals surface area contributed by atoms with Crippen LogP contribution in [0.4, 0.5) is 10.1 Å². The lowest BCUT2D eigenvalue weighted by molar-refractivity contribution is -0.107. The summed E-state index contributed by atoms with van der Waals surface area (Å²) in [5.74, 6) is -0.308. The number of ether oxygens (including phenoxy) is 1. The number of benzene rings is 1. The molecule has 0 unspecified atom stereocenters. The van der Waals surface area contributed by atoms with E-state index in [0.29, 0.717) is 23.8 Å². The zero-order chi connectivity index (χ0) is 18.2. The molecule has 2 fully saturated rings. The van der Waals surface area contributed by atoms with Crippen molar-refractivity contribution in [2.75, 3.05) is 38.1 Å². The van der Waals surface area contributed by atoms with Gasteiger partial charge in [0.25, 0.3) is 0 Å². The van der Waals surface area contributed by atoms with Gasteiger partial charge in [0.2, 0.25) is 0 Å². The van der Waals surface area contributed by atoms with Crippen LogP contribution >= 0.6 is 0 Å². The van der Waals surface area contributed by atoms with Crippen LogP contribution in [0.3, 0.4) is 0 Å². The maximum absolute atomic E-state index is 14.1. The minimum atomic E-state index is -0.308. The first kappa shape index (κ1) is 19.8. The van der Waals surface area contributed by atoms with Gasteiger partial charge in [-0.15, -0.1) is 0 Å². The van der Waals surface area contributed by atoms with Crippen LogP contribution in [0.5, 0.6) is 0 Å². The molecule has 2 heterocycles. The van der Waals surface area contributed by atoms with Crippen LogP contribution in [-0.2, 0) is 16.1 Å². The molecule has 0 bridgehead atoms. The van der Waals surface area contributed by atoms with Crippen molar-refractivity contribution in [2.45, 2.75) is 45.0 Å². The molecule has 0 amide bonds. The fourth-order valence-electron chi connectivity index (χ4n) is 3.05. The summed E-state index contributed by atoms with van der Waals surface area (Å²) in [5, 5.41) is 9.12. The normalized spacial score (nSPS) is 19.1. The van der Waals surface area contributed by atoms with E-state index >= 15 is 0 Å². The minimum Gasteiger partial charge on any atom is -0.392 e. The molecule has 1 aromatic rings. The Morgan fingerprint density at radius 1 is 1.28 bits per heavy atom. The van der Waals surface area contributed by atoms with Crippen molar-refractivity contribution in [1.82, 2.24) is 4.90 Å². The number of rotatable bonds is 5. The Kier molecular flexibility index (Phi) is 7.81. The lowest BCUT2D eigenvalue weighted by atomic mass is 10.1. The molecule has 0 spiro atoms. The summed E-state index contributed by atoms with van der Waals surface area (Å²) in [7, 11) is 2.14. The Labute approximate surface area is 149 Å². The van der Waals surface area contributed by atoms with Gasteiger partial charge in [0.05, 0.1) is 24.5 Å². The molecule has 0 aromatic heterocycles. The molecule has 0 atom stereocenters. The Hall–Kier alpha value is -1.50. The lowest BCUT2D eigenvalue weighted by Crippen LogP contribution is -2.54. The van der Waals surface area contributed by atoms with E-state index in [1.54, 1.807) is 18.2 Å². The number of halogens is 1. The molecule has 3 rings (SSSR count). The molecule has 2 aliphatic rings. The number of carbonyl (C=O) groups is 1. The van der Waals surface area contributed by atoms with Gasteiger partial charge in [-0.25, -0.2) is 4.39 Å². The highest BCUT2D eigenvalue weighted by atomic mass is 19.1. The molecule has 1 aromatic carbocycles. The molecular formula is C19H29FN2O3. The number of nitrogens with zero attached hydrogens (tertiary/aromatic N) is 2. The molecule has 25 heavy (non-hydrogen) atoms. The van der Waals surface area contributed by atoms with E-state index in [2.05, 4.69) is 11.9 Å². The number of aliphatic hydroxyl groups is 1. The molecule has 140 valence electrons. The van der Waals surface area contributed by atoms with Gasteiger partial charge in [0, 0.05) is 38.2 Å². The fourth-order valence-corrected chi connectivity index (χ4v) is 3.05. The van der Waals surface area contributed by atoms with Gasteiger partial charge in [-0.3, -0.25) is 0 Å². The quantitative estimate of drug-likeness (QED) is 0.824. The van der Waals surface area contributed by atoms with Crippen molar-refractivity contribution in [3.05, 3.63) is 29.6 Å². The van der Waals surface area contributed by atoms with Crippen molar-refractivity contribution in [3.8, 4) is 0 Å². The van der Waals surface area contributed by atoms with Crippen LogP contribution in [0.2, 0.25) is 0 Å². The van der Waals surface area contributed by atoms with Crippen molar-refractivity contribution < 1.29 is 19.0 Å². The average Bonchev–Trinajstić information content (AvgIpc) is 2.60. The van der Waals surface area contributed by atoms with E-state index in [1.165, 1.54) is 0 Å². The highest BCUT2D eigenvalue weighted by Gasteiger charge is 2.32.